The Bertz CT molecular complexity index is 493. The molecule has 0 aromatic carbocycles. The van der Waals surface area contributed by atoms with Gasteiger partial charge in [-0.25, -0.2) is 9.50 Å². The van der Waals surface area contributed by atoms with E-state index in [0.29, 0.717) is 0 Å². The normalized spacial score (nSPS) is 12.2. The van der Waals surface area contributed by atoms with E-state index in [1.54, 1.807) is 0 Å². The maximum Gasteiger partial charge on any atom is 0.155 e. The van der Waals surface area contributed by atoms with Crippen LogP contribution in [0.1, 0.15) is 31.7 Å². The van der Waals surface area contributed by atoms with Gasteiger partial charge in [0.1, 0.15) is 0 Å². The summed E-state index contributed by atoms with van der Waals surface area (Å²) in [5.41, 5.74) is 7.89. The summed E-state index contributed by atoms with van der Waals surface area (Å²) in [7, 11) is 0. The first kappa shape index (κ1) is 11.1. The summed E-state index contributed by atoms with van der Waals surface area (Å²) in [6, 6.07) is 4.06. The van der Waals surface area contributed by atoms with Crippen LogP contribution in [0, 0.1) is 6.92 Å². The highest BCUT2D eigenvalue weighted by molar-refractivity contribution is 5.39. The molecule has 0 unspecified atom stereocenters. The lowest BCUT2D eigenvalue weighted by Crippen LogP contribution is -2.32. The van der Waals surface area contributed by atoms with Gasteiger partial charge in [0.05, 0.1) is 0 Å². The Morgan fingerprint density at radius 1 is 1.44 bits per heavy atom. The fraction of sp³-hybridized carbons (Fsp3) is 0.500. The van der Waals surface area contributed by atoms with E-state index in [-0.39, 0.29) is 5.54 Å². The highest BCUT2D eigenvalue weighted by Gasteiger charge is 2.12. The third kappa shape index (κ3) is 2.58. The summed E-state index contributed by atoms with van der Waals surface area (Å²) in [6.45, 7) is 6.09. The van der Waals surface area contributed by atoms with Crippen LogP contribution < -0.4 is 5.73 Å². The Morgan fingerprint density at radius 2 is 2.19 bits per heavy atom. The average molecular weight is 218 g/mol. The maximum absolute atomic E-state index is 5.94. The van der Waals surface area contributed by atoms with Gasteiger partial charge in [-0.1, -0.05) is 0 Å². The first-order chi connectivity index (χ1) is 7.44. The molecule has 0 atom stereocenters. The SMILES string of the molecule is Cc1ccn2nc(CCC(C)(C)N)nc2c1. The van der Waals surface area contributed by atoms with Crippen LogP contribution in [-0.4, -0.2) is 20.1 Å². The number of nitrogens with zero attached hydrogens (tertiary/aromatic N) is 3. The number of hydrogen-bond donors (Lipinski definition) is 1. The van der Waals surface area contributed by atoms with E-state index in [0.717, 1.165) is 24.3 Å². The van der Waals surface area contributed by atoms with Crippen LogP contribution in [0.4, 0.5) is 0 Å². The Balaban J connectivity index is 2.20. The number of hydrogen-bond acceptors (Lipinski definition) is 3. The van der Waals surface area contributed by atoms with Gasteiger partial charge < -0.3 is 5.73 Å². The van der Waals surface area contributed by atoms with Crippen LogP contribution in [0.15, 0.2) is 18.3 Å². The maximum atomic E-state index is 5.94. The standard InChI is InChI=1S/C12H18N4/c1-9-5-7-16-11(8-9)14-10(15-16)4-6-12(2,3)13/h5,7-8H,4,6,13H2,1-3H3. The van der Waals surface area contributed by atoms with Crippen molar-refractivity contribution < 1.29 is 0 Å². The lowest BCUT2D eigenvalue weighted by Gasteiger charge is -2.16. The van der Waals surface area contributed by atoms with Gasteiger partial charge in [0.15, 0.2) is 11.5 Å². The van der Waals surface area contributed by atoms with Crippen molar-refractivity contribution in [2.75, 3.05) is 0 Å². The second kappa shape index (κ2) is 3.87. The van der Waals surface area contributed by atoms with Gasteiger partial charge in [-0.15, -0.1) is 0 Å². The van der Waals surface area contributed by atoms with Crippen molar-refractivity contribution >= 4 is 5.65 Å². The van der Waals surface area contributed by atoms with Crippen LogP contribution in [-0.2, 0) is 6.42 Å². The zero-order valence-corrected chi connectivity index (χ0v) is 10.1. The van der Waals surface area contributed by atoms with E-state index in [9.17, 15) is 0 Å². The Hall–Kier alpha value is -1.42. The molecule has 0 aliphatic carbocycles. The van der Waals surface area contributed by atoms with Crippen LogP contribution in [0.25, 0.3) is 5.65 Å². The van der Waals surface area contributed by atoms with Crippen LogP contribution >= 0.6 is 0 Å². The van der Waals surface area contributed by atoms with Gasteiger partial charge in [-0.3, -0.25) is 0 Å². The van der Waals surface area contributed by atoms with Crippen molar-refractivity contribution in [3.8, 4) is 0 Å². The highest BCUT2D eigenvalue weighted by Crippen LogP contribution is 2.10. The van der Waals surface area contributed by atoms with E-state index in [1.807, 2.05) is 36.7 Å². The molecule has 0 saturated carbocycles. The summed E-state index contributed by atoms with van der Waals surface area (Å²) in [6.07, 6.45) is 3.65. The minimum atomic E-state index is -0.159. The Morgan fingerprint density at radius 3 is 2.88 bits per heavy atom. The number of nitrogens with two attached hydrogens (primary N) is 1. The molecule has 0 spiro atoms. The molecule has 0 radical (unpaired) electrons. The number of rotatable bonds is 3. The largest absolute Gasteiger partial charge is 0.326 e. The van der Waals surface area contributed by atoms with Crippen molar-refractivity contribution in [2.24, 2.45) is 5.73 Å². The molecule has 2 aromatic heterocycles. The molecule has 2 rings (SSSR count). The molecule has 86 valence electrons. The number of aromatic nitrogens is 3. The fourth-order valence-corrected chi connectivity index (χ4v) is 1.57. The predicted molar refractivity (Wildman–Crippen MR) is 64.3 cm³/mol. The highest BCUT2D eigenvalue weighted by atomic mass is 15.3. The quantitative estimate of drug-likeness (QED) is 0.853. The fourth-order valence-electron chi connectivity index (χ4n) is 1.57. The molecule has 16 heavy (non-hydrogen) atoms. The van der Waals surface area contributed by atoms with Crippen molar-refractivity contribution in [1.29, 1.82) is 0 Å². The van der Waals surface area contributed by atoms with E-state index < -0.39 is 0 Å². The number of aryl methyl sites for hydroxylation is 2. The molecule has 4 nitrogen and oxygen atoms in total. The van der Waals surface area contributed by atoms with Crippen molar-refractivity contribution in [3.05, 3.63) is 29.7 Å². The molecule has 2 aromatic rings. The molecule has 0 saturated heterocycles. The van der Waals surface area contributed by atoms with Gasteiger partial charge in [0, 0.05) is 18.2 Å². The van der Waals surface area contributed by atoms with Crippen LogP contribution in [0.3, 0.4) is 0 Å². The molecule has 0 aliphatic rings. The third-order valence-corrected chi connectivity index (χ3v) is 2.53. The van der Waals surface area contributed by atoms with Gasteiger partial charge in [-0.05, 0) is 44.9 Å². The third-order valence-electron chi connectivity index (χ3n) is 2.53. The van der Waals surface area contributed by atoms with E-state index in [4.69, 9.17) is 5.73 Å². The summed E-state index contributed by atoms with van der Waals surface area (Å²) < 4.78 is 1.81. The smallest absolute Gasteiger partial charge is 0.155 e. The summed E-state index contributed by atoms with van der Waals surface area (Å²) in [5, 5.41) is 4.41. The summed E-state index contributed by atoms with van der Waals surface area (Å²) >= 11 is 0. The molecule has 0 amide bonds. The number of pyridine rings is 1. The average Bonchev–Trinajstić information content (AvgIpc) is 2.55. The lowest BCUT2D eigenvalue weighted by molar-refractivity contribution is 0.471. The van der Waals surface area contributed by atoms with Crippen LogP contribution in [0.5, 0.6) is 0 Å². The second-order valence-corrected chi connectivity index (χ2v) is 5.02. The molecule has 4 heteroatoms. The van der Waals surface area contributed by atoms with Crippen molar-refractivity contribution in [2.45, 2.75) is 39.2 Å². The first-order valence-corrected chi connectivity index (χ1v) is 5.55. The zero-order chi connectivity index (χ0) is 11.8. The summed E-state index contributed by atoms with van der Waals surface area (Å²) in [4.78, 5) is 4.47. The van der Waals surface area contributed by atoms with Gasteiger partial charge in [0.2, 0.25) is 0 Å². The first-order valence-electron chi connectivity index (χ1n) is 5.55. The minimum Gasteiger partial charge on any atom is -0.326 e. The van der Waals surface area contributed by atoms with Gasteiger partial charge >= 0.3 is 0 Å². The Kier molecular flexibility index (Phi) is 2.68. The molecule has 0 bridgehead atoms. The predicted octanol–water partition coefficient (Wildman–Crippen LogP) is 1.71. The van der Waals surface area contributed by atoms with Crippen molar-refractivity contribution in [1.82, 2.24) is 14.6 Å². The van der Waals surface area contributed by atoms with Gasteiger partial charge in [-0.2, -0.15) is 5.10 Å². The van der Waals surface area contributed by atoms with E-state index in [1.165, 1.54) is 5.56 Å². The summed E-state index contributed by atoms with van der Waals surface area (Å²) in [5.74, 6) is 0.865. The molecular weight excluding hydrogens is 200 g/mol. The van der Waals surface area contributed by atoms with Crippen molar-refractivity contribution in [3.63, 3.8) is 0 Å². The van der Waals surface area contributed by atoms with Gasteiger partial charge in [0.25, 0.3) is 0 Å². The topological polar surface area (TPSA) is 56.2 Å². The molecule has 2 heterocycles. The molecular formula is C12H18N4. The molecule has 0 aliphatic heterocycles. The monoisotopic (exact) mass is 218 g/mol. The second-order valence-electron chi connectivity index (χ2n) is 5.02. The molecule has 0 fully saturated rings. The zero-order valence-electron chi connectivity index (χ0n) is 10.1. The van der Waals surface area contributed by atoms with E-state index >= 15 is 0 Å². The lowest BCUT2D eigenvalue weighted by atomic mass is 10.0. The minimum absolute atomic E-state index is 0.159. The van der Waals surface area contributed by atoms with Crippen LogP contribution in [0.2, 0.25) is 0 Å². The number of fused-ring (bicyclic) bond motifs is 1. The molecule has 2 N–H and O–H groups in total. The Labute approximate surface area is 95.5 Å². The van der Waals surface area contributed by atoms with E-state index in [2.05, 4.69) is 17.0 Å².